The van der Waals surface area contributed by atoms with Crippen LogP contribution in [0.4, 0.5) is 0 Å². The number of rotatable bonds is 4. The smallest absolute Gasteiger partial charge is 0.222 e. The second kappa shape index (κ2) is 5.20. The number of carbonyl (C=O) groups excluding carboxylic acids is 1. The molecule has 0 unspecified atom stereocenters. The number of hydrogen-bond acceptors (Lipinski definition) is 3. The van der Waals surface area contributed by atoms with Crippen LogP contribution in [0.15, 0.2) is 0 Å². The molecule has 4 heteroatoms. The van der Waals surface area contributed by atoms with Gasteiger partial charge in [0.05, 0.1) is 6.61 Å². The molecule has 2 N–H and O–H groups in total. The Balaban J connectivity index is 3.41. The van der Waals surface area contributed by atoms with E-state index in [1.807, 2.05) is 6.92 Å². The summed E-state index contributed by atoms with van der Waals surface area (Å²) in [7, 11) is 1.73. The average molecular weight is 146 g/mol. The van der Waals surface area contributed by atoms with E-state index in [4.69, 9.17) is 5.90 Å². The third-order valence-electron chi connectivity index (χ3n) is 1.27. The fraction of sp³-hybridized carbons (Fsp3) is 0.833. The highest BCUT2D eigenvalue weighted by atomic mass is 16.6. The van der Waals surface area contributed by atoms with Gasteiger partial charge in [-0.05, 0) is 0 Å². The Morgan fingerprint density at radius 1 is 1.70 bits per heavy atom. The Morgan fingerprint density at radius 2 is 2.30 bits per heavy atom. The van der Waals surface area contributed by atoms with Gasteiger partial charge in [-0.25, -0.2) is 5.90 Å². The molecule has 1 amide bonds. The summed E-state index contributed by atoms with van der Waals surface area (Å²) in [6.45, 7) is 2.77. The molecular weight excluding hydrogens is 132 g/mol. The SMILES string of the molecule is CCC(=O)N(C)CCON. The summed E-state index contributed by atoms with van der Waals surface area (Å²) in [6.07, 6.45) is 0.529. The summed E-state index contributed by atoms with van der Waals surface area (Å²) in [5.74, 6) is 4.89. The van der Waals surface area contributed by atoms with Gasteiger partial charge in [0.2, 0.25) is 5.91 Å². The zero-order valence-electron chi connectivity index (χ0n) is 6.46. The van der Waals surface area contributed by atoms with Gasteiger partial charge in [0.15, 0.2) is 0 Å². The summed E-state index contributed by atoms with van der Waals surface area (Å²) < 4.78 is 0. The lowest BCUT2D eigenvalue weighted by atomic mass is 10.4. The Labute approximate surface area is 60.9 Å². The maximum absolute atomic E-state index is 10.8. The van der Waals surface area contributed by atoms with Gasteiger partial charge >= 0.3 is 0 Å². The van der Waals surface area contributed by atoms with Crippen molar-refractivity contribution in [2.24, 2.45) is 5.90 Å². The van der Waals surface area contributed by atoms with Crippen LogP contribution in [0, 0.1) is 0 Å². The van der Waals surface area contributed by atoms with Gasteiger partial charge in [0, 0.05) is 20.0 Å². The highest BCUT2D eigenvalue weighted by molar-refractivity contribution is 5.75. The number of amides is 1. The Bertz CT molecular complexity index is 106. The summed E-state index contributed by atoms with van der Waals surface area (Å²) in [5, 5.41) is 0. The molecule has 0 atom stereocenters. The van der Waals surface area contributed by atoms with E-state index in [-0.39, 0.29) is 5.91 Å². The first kappa shape index (κ1) is 9.39. The van der Waals surface area contributed by atoms with Crippen LogP contribution in [-0.2, 0) is 9.63 Å². The van der Waals surface area contributed by atoms with Crippen molar-refractivity contribution >= 4 is 5.91 Å². The molecule has 0 spiro atoms. The second-order valence-electron chi connectivity index (χ2n) is 2.04. The highest BCUT2D eigenvalue weighted by Crippen LogP contribution is 1.87. The molecule has 0 saturated carbocycles. The third kappa shape index (κ3) is 3.42. The van der Waals surface area contributed by atoms with Crippen molar-refractivity contribution in [1.82, 2.24) is 4.90 Å². The normalized spacial score (nSPS) is 9.50. The average Bonchev–Trinajstić information content (AvgIpc) is 1.98. The van der Waals surface area contributed by atoms with Crippen LogP contribution in [-0.4, -0.2) is 31.0 Å². The molecule has 0 fully saturated rings. The molecular formula is C6H14N2O2. The predicted molar refractivity (Wildman–Crippen MR) is 38.1 cm³/mol. The van der Waals surface area contributed by atoms with Gasteiger partial charge in [-0.3, -0.25) is 4.79 Å². The van der Waals surface area contributed by atoms with E-state index in [2.05, 4.69) is 4.84 Å². The van der Waals surface area contributed by atoms with Gasteiger partial charge in [0.1, 0.15) is 0 Å². The molecule has 0 bridgehead atoms. The number of nitrogens with zero attached hydrogens (tertiary/aromatic N) is 1. The predicted octanol–water partition coefficient (Wildman–Crippen LogP) is -0.255. The molecule has 0 aliphatic heterocycles. The van der Waals surface area contributed by atoms with Crippen molar-refractivity contribution in [2.75, 3.05) is 20.2 Å². The van der Waals surface area contributed by atoms with Crippen LogP contribution in [0.2, 0.25) is 0 Å². The van der Waals surface area contributed by atoms with E-state index in [1.54, 1.807) is 11.9 Å². The highest BCUT2D eigenvalue weighted by Gasteiger charge is 2.03. The van der Waals surface area contributed by atoms with E-state index < -0.39 is 0 Å². The first-order valence-electron chi connectivity index (χ1n) is 3.28. The molecule has 0 aromatic carbocycles. The molecule has 4 nitrogen and oxygen atoms in total. The third-order valence-corrected chi connectivity index (χ3v) is 1.27. The van der Waals surface area contributed by atoms with Crippen molar-refractivity contribution in [3.05, 3.63) is 0 Å². The van der Waals surface area contributed by atoms with Crippen molar-refractivity contribution in [3.63, 3.8) is 0 Å². The molecule has 0 aromatic heterocycles. The lowest BCUT2D eigenvalue weighted by Crippen LogP contribution is -2.29. The molecule has 60 valence electrons. The van der Waals surface area contributed by atoms with Crippen LogP contribution in [0.25, 0.3) is 0 Å². The molecule has 0 heterocycles. The lowest BCUT2D eigenvalue weighted by molar-refractivity contribution is -0.130. The van der Waals surface area contributed by atoms with E-state index >= 15 is 0 Å². The van der Waals surface area contributed by atoms with Crippen LogP contribution in [0.5, 0.6) is 0 Å². The van der Waals surface area contributed by atoms with Crippen LogP contribution in [0.3, 0.4) is 0 Å². The van der Waals surface area contributed by atoms with Gasteiger partial charge in [-0.15, -0.1) is 0 Å². The monoisotopic (exact) mass is 146 g/mol. The van der Waals surface area contributed by atoms with E-state index in [0.717, 1.165) is 0 Å². The summed E-state index contributed by atoms with van der Waals surface area (Å²) in [6, 6.07) is 0. The Hall–Kier alpha value is -0.610. The first-order valence-corrected chi connectivity index (χ1v) is 3.28. The van der Waals surface area contributed by atoms with Crippen molar-refractivity contribution in [1.29, 1.82) is 0 Å². The van der Waals surface area contributed by atoms with Gasteiger partial charge in [-0.1, -0.05) is 6.92 Å². The van der Waals surface area contributed by atoms with Gasteiger partial charge in [0.25, 0.3) is 0 Å². The van der Waals surface area contributed by atoms with Crippen molar-refractivity contribution in [2.45, 2.75) is 13.3 Å². The minimum atomic E-state index is 0.108. The van der Waals surface area contributed by atoms with Gasteiger partial charge in [-0.2, -0.15) is 0 Å². The van der Waals surface area contributed by atoms with E-state index in [1.165, 1.54) is 0 Å². The molecule has 0 saturated heterocycles. The lowest BCUT2D eigenvalue weighted by Gasteiger charge is -2.14. The zero-order valence-corrected chi connectivity index (χ0v) is 6.46. The number of hydrogen-bond donors (Lipinski definition) is 1. The van der Waals surface area contributed by atoms with Crippen LogP contribution < -0.4 is 5.90 Å². The first-order chi connectivity index (χ1) is 4.72. The van der Waals surface area contributed by atoms with Crippen LogP contribution in [0.1, 0.15) is 13.3 Å². The summed E-state index contributed by atoms with van der Waals surface area (Å²) in [4.78, 5) is 16.8. The minimum absolute atomic E-state index is 0.108. The summed E-state index contributed by atoms with van der Waals surface area (Å²) in [5.41, 5.74) is 0. The van der Waals surface area contributed by atoms with E-state index in [0.29, 0.717) is 19.6 Å². The topological polar surface area (TPSA) is 55.6 Å². The zero-order chi connectivity index (χ0) is 7.98. The number of carbonyl (C=O) groups is 1. The standard InChI is InChI=1S/C6H14N2O2/c1-3-6(9)8(2)4-5-10-7/h3-5,7H2,1-2H3. The molecule has 0 aromatic rings. The fourth-order valence-electron chi connectivity index (χ4n) is 0.584. The molecule has 0 radical (unpaired) electrons. The summed E-state index contributed by atoms with van der Waals surface area (Å²) >= 11 is 0. The largest absolute Gasteiger partial charge is 0.343 e. The van der Waals surface area contributed by atoms with E-state index in [9.17, 15) is 4.79 Å². The molecule has 0 rings (SSSR count). The maximum atomic E-state index is 10.8. The number of likely N-dealkylation sites (N-methyl/N-ethyl adjacent to an activating group) is 1. The molecule has 10 heavy (non-hydrogen) atoms. The fourth-order valence-corrected chi connectivity index (χ4v) is 0.584. The van der Waals surface area contributed by atoms with Crippen molar-refractivity contribution in [3.8, 4) is 0 Å². The van der Waals surface area contributed by atoms with Gasteiger partial charge < -0.3 is 9.74 Å². The quantitative estimate of drug-likeness (QED) is 0.556. The van der Waals surface area contributed by atoms with Crippen molar-refractivity contribution < 1.29 is 9.63 Å². The Kier molecular flexibility index (Phi) is 4.88. The second-order valence-corrected chi connectivity index (χ2v) is 2.04. The molecule has 0 aliphatic carbocycles. The number of nitrogens with two attached hydrogens (primary N) is 1. The minimum Gasteiger partial charge on any atom is -0.343 e. The Morgan fingerprint density at radius 3 is 2.70 bits per heavy atom. The maximum Gasteiger partial charge on any atom is 0.222 e. The van der Waals surface area contributed by atoms with Crippen LogP contribution >= 0.6 is 0 Å². The molecule has 0 aliphatic rings.